The van der Waals surface area contributed by atoms with E-state index in [0.29, 0.717) is 6.42 Å². The summed E-state index contributed by atoms with van der Waals surface area (Å²) in [4.78, 5) is 22.1. The van der Waals surface area contributed by atoms with E-state index in [0.717, 1.165) is 48.8 Å². The maximum atomic E-state index is 12.9. The molecule has 3 aromatic carbocycles. The lowest BCUT2D eigenvalue weighted by Gasteiger charge is -2.34. The number of hydrogen-bond acceptors (Lipinski definition) is 4. The van der Waals surface area contributed by atoms with Crippen LogP contribution in [0.2, 0.25) is 0 Å². The molecule has 0 spiro atoms. The lowest BCUT2D eigenvalue weighted by molar-refractivity contribution is -0.130. The summed E-state index contributed by atoms with van der Waals surface area (Å²) in [5, 5.41) is 3.48. The third-order valence-electron chi connectivity index (χ3n) is 5.94. The fourth-order valence-electron chi connectivity index (χ4n) is 4.20. The average molecular weight is 416 g/mol. The number of thiazole rings is 1. The Morgan fingerprint density at radius 3 is 2.57 bits per heavy atom. The van der Waals surface area contributed by atoms with Crippen LogP contribution >= 0.6 is 11.3 Å². The van der Waals surface area contributed by atoms with Crippen molar-refractivity contribution in [1.29, 1.82) is 0 Å². The Kier molecular flexibility index (Phi) is 5.13. The van der Waals surface area contributed by atoms with Gasteiger partial charge in [-0.2, -0.15) is 0 Å². The fourth-order valence-corrected chi connectivity index (χ4v) is 5.26. The fraction of sp³-hybridized carbons (Fsp3) is 0.280. The van der Waals surface area contributed by atoms with Gasteiger partial charge in [0.25, 0.3) is 0 Å². The van der Waals surface area contributed by atoms with Gasteiger partial charge in [0.05, 0.1) is 16.6 Å². The van der Waals surface area contributed by atoms with Crippen LogP contribution in [0.15, 0.2) is 60.7 Å². The molecule has 1 aromatic heterocycles. The number of anilines is 1. The van der Waals surface area contributed by atoms with E-state index >= 15 is 0 Å². The smallest absolute Gasteiger partial charge is 0.227 e. The molecule has 30 heavy (non-hydrogen) atoms. The zero-order valence-corrected chi connectivity index (χ0v) is 18.0. The molecule has 5 heteroatoms. The first-order valence-electron chi connectivity index (χ1n) is 10.6. The zero-order chi connectivity index (χ0) is 20.5. The number of para-hydroxylation sites is 1. The Hall–Kier alpha value is -2.92. The molecule has 1 saturated heterocycles. The minimum absolute atomic E-state index is 0.211. The van der Waals surface area contributed by atoms with E-state index in [4.69, 9.17) is 4.98 Å². The van der Waals surface area contributed by atoms with Gasteiger partial charge >= 0.3 is 0 Å². The number of amides is 1. The maximum Gasteiger partial charge on any atom is 0.227 e. The van der Waals surface area contributed by atoms with Crippen LogP contribution < -0.4 is 4.90 Å². The van der Waals surface area contributed by atoms with Crippen LogP contribution in [0.1, 0.15) is 18.1 Å². The summed E-state index contributed by atoms with van der Waals surface area (Å²) < 4.78 is 1.25. The second-order valence-electron chi connectivity index (χ2n) is 7.84. The Morgan fingerprint density at radius 1 is 0.967 bits per heavy atom. The van der Waals surface area contributed by atoms with Gasteiger partial charge in [-0.25, -0.2) is 4.98 Å². The molecule has 0 bridgehead atoms. The number of nitrogens with zero attached hydrogens (tertiary/aromatic N) is 3. The Balaban J connectivity index is 1.24. The van der Waals surface area contributed by atoms with Crippen LogP contribution in [0, 0.1) is 0 Å². The first kappa shape index (κ1) is 19.1. The van der Waals surface area contributed by atoms with Crippen molar-refractivity contribution in [2.75, 3.05) is 31.1 Å². The summed E-state index contributed by atoms with van der Waals surface area (Å²) in [5.74, 6) is 0.211. The second kappa shape index (κ2) is 8.07. The summed E-state index contributed by atoms with van der Waals surface area (Å²) in [6.45, 7) is 5.36. The topological polar surface area (TPSA) is 36.4 Å². The van der Waals surface area contributed by atoms with Gasteiger partial charge in [0.1, 0.15) is 0 Å². The number of carbonyl (C=O) groups excluding carboxylic acids is 1. The van der Waals surface area contributed by atoms with Crippen LogP contribution in [0.3, 0.4) is 0 Å². The number of benzene rings is 3. The standard InChI is InChI=1S/C25H25N3OS/c1-2-19-8-5-9-22-24(19)26-25(30-22)28-14-12-27(13-15-28)23(29)17-18-10-11-20-6-3-4-7-21(20)16-18/h3-11,16H,2,12-15,17H2,1H3. The molecule has 1 aliphatic heterocycles. The molecule has 4 aromatic rings. The number of piperazine rings is 1. The number of fused-ring (bicyclic) bond motifs is 2. The summed E-state index contributed by atoms with van der Waals surface area (Å²) in [7, 11) is 0. The normalized spacial score (nSPS) is 14.6. The van der Waals surface area contributed by atoms with Crippen molar-refractivity contribution in [3.05, 3.63) is 71.8 Å². The van der Waals surface area contributed by atoms with E-state index in [2.05, 4.69) is 60.4 Å². The van der Waals surface area contributed by atoms with Gasteiger partial charge in [-0.3, -0.25) is 4.79 Å². The van der Waals surface area contributed by atoms with Crippen molar-refractivity contribution in [3.8, 4) is 0 Å². The molecule has 1 aliphatic rings. The maximum absolute atomic E-state index is 12.9. The molecule has 4 nitrogen and oxygen atoms in total. The molecule has 1 amide bonds. The molecule has 152 valence electrons. The SMILES string of the molecule is CCc1cccc2sc(N3CCN(C(=O)Cc4ccc5ccccc5c4)CC3)nc12. The molecular formula is C25H25N3OS. The van der Waals surface area contributed by atoms with E-state index in [9.17, 15) is 4.79 Å². The molecular weight excluding hydrogens is 390 g/mol. The second-order valence-corrected chi connectivity index (χ2v) is 8.85. The van der Waals surface area contributed by atoms with Gasteiger partial charge < -0.3 is 9.80 Å². The van der Waals surface area contributed by atoms with Crippen molar-refractivity contribution in [1.82, 2.24) is 9.88 Å². The predicted molar refractivity (Wildman–Crippen MR) is 125 cm³/mol. The quantitative estimate of drug-likeness (QED) is 0.475. The van der Waals surface area contributed by atoms with Crippen molar-refractivity contribution < 1.29 is 4.79 Å². The van der Waals surface area contributed by atoms with E-state index in [1.807, 2.05) is 17.0 Å². The van der Waals surface area contributed by atoms with Gasteiger partial charge in [0.15, 0.2) is 5.13 Å². The van der Waals surface area contributed by atoms with Crippen LogP contribution in [-0.2, 0) is 17.6 Å². The monoisotopic (exact) mass is 415 g/mol. The summed E-state index contributed by atoms with van der Waals surface area (Å²) in [6.07, 6.45) is 1.46. The van der Waals surface area contributed by atoms with E-state index in [1.54, 1.807) is 11.3 Å². The first-order chi connectivity index (χ1) is 14.7. The van der Waals surface area contributed by atoms with Crippen molar-refractivity contribution >= 4 is 43.4 Å². The van der Waals surface area contributed by atoms with Crippen molar-refractivity contribution in [2.24, 2.45) is 0 Å². The first-order valence-corrected chi connectivity index (χ1v) is 11.4. The Morgan fingerprint density at radius 2 is 1.77 bits per heavy atom. The van der Waals surface area contributed by atoms with Crippen LogP contribution in [0.5, 0.6) is 0 Å². The van der Waals surface area contributed by atoms with Gasteiger partial charge in [-0.05, 0) is 34.4 Å². The molecule has 0 unspecified atom stereocenters. The van der Waals surface area contributed by atoms with E-state index < -0.39 is 0 Å². The lowest BCUT2D eigenvalue weighted by Crippen LogP contribution is -2.49. The Labute approximate surface area is 180 Å². The molecule has 0 saturated carbocycles. The third-order valence-corrected chi connectivity index (χ3v) is 7.03. The number of rotatable bonds is 4. The predicted octanol–water partition coefficient (Wildman–Crippen LogP) is 4.90. The number of aromatic nitrogens is 1. The van der Waals surface area contributed by atoms with Gasteiger partial charge in [0.2, 0.25) is 5.91 Å². The highest BCUT2D eigenvalue weighted by molar-refractivity contribution is 7.22. The molecule has 0 atom stereocenters. The van der Waals surface area contributed by atoms with Crippen molar-refractivity contribution in [3.63, 3.8) is 0 Å². The van der Waals surface area contributed by atoms with Crippen molar-refractivity contribution in [2.45, 2.75) is 19.8 Å². The van der Waals surface area contributed by atoms with Gasteiger partial charge in [-0.15, -0.1) is 0 Å². The van der Waals surface area contributed by atoms with Gasteiger partial charge in [-0.1, -0.05) is 72.9 Å². The zero-order valence-electron chi connectivity index (χ0n) is 17.2. The number of aryl methyl sites for hydroxylation is 1. The largest absolute Gasteiger partial charge is 0.345 e. The number of hydrogen-bond donors (Lipinski definition) is 0. The highest BCUT2D eigenvalue weighted by Crippen LogP contribution is 2.31. The molecule has 0 aliphatic carbocycles. The minimum atomic E-state index is 0.211. The third kappa shape index (κ3) is 3.65. The molecule has 5 rings (SSSR count). The summed E-state index contributed by atoms with van der Waals surface area (Å²) in [6, 6.07) is 21.0. The highest BCUT2D eigenvalue weighted by atomic mass is 32.1. The van der Waals surface area contributed by atoms with Gasteiger partial charge in [0, 0.05) is 26.2 Å². The minimum Gasteiger partial charge on any atom is -0.345 e. The summed E-state index contributed by atoms with van der Waals surface area (Å²) >= 11 is 1.76. The lowest BCUT2D eigenvalue weighted by atomic mass is 10.0. The average Bonchev–Trinajstić information content (AvgIpc) is 3.23. The van der Waals surface area contributed by atoms with Crippen LogP contribution in [0.4, 0.5) is 5.13 Å². The number of carbonyl (C=O) groups is 1. The summed E-state index contributed by atoms with van der Waals surface area (Å²) in [5.41, 5.74) is 3.52. The highest BCUT2D eigenvalue weighted by Gasteiger charge is 2.23. The van der Waals surface area contributed by atoms with Crippen LogP contribution in [0.25, 0.3) is 21.0 Å². The molecule has 0 N–H and O–H groups in total. The van der Waals surface area contributed by atoms with E-state index in [-0.39, 0.29) is 5.91 Å². The molecule has 2 heterocycles. The molecule has 1 fully saturated rings. The van der Waals surface area contributed by atoms with Crippen LogP contribution in [-0.4, -0.2) is 42.0 Å². The van der Waals surface area contributed by atoms with E-state index in [1.165, 1.54) is 21.0 Å². The molecule has 0 radical (unpaired) electrons. The Bertz CT molecular complexity index is 1210.